The van der Waals surface area contributed by atoms with Gasteiger partial charge in [-0.15, -0.1) is 0 Å². The molecular formula is C15H20F3N3OS. The third kappa shape index (κ3) is 5.39. The summed E-state index contributed by atoms with van der Waals surface area (Å²) in [5.41, 5.74) is -4.50. The van der Waals surface area contributed by atoms with Crippen LogP contribution < -0.4 is 5.32 Å². The molecule has 2 heterocycles. The van der Waals surface area contributed by atoms with Crippen molar-refractivity contribution >= 4 is 17.7 Å². The molecule has 1 aromatic heterocycles. The number of nitrogens with one attached hydrogen (secondary N) is 1. The van der Waals surface area contributed by atoms with Crippen molar-refractivity contribution in [1.29, 1.82) is 0 Å². The molecule has 23 heavy (non-hydrogen) atoms. The molecule has 0 spiro atoms. The van der Waals surface area contributed by atoms with Gasteiger partial charge in [0.2, 0.25) is 0 Å². The van der Waals surface area contributed by atoms with E-state index in [1.54, 1.807) is 0 Å². The van der Waals surface area contributed by atoms with Crippen LogP contribution in [-0.2, 0) is 0 Å². The Morgan fingerprint density at radius 2 is 2.26 bits per heavy atom. The van der Waals surface area contributed by atoms with E-state index in [9.17, 15) is 18.0 Å². The normalized spacial score (nSPS) is 19.3. The number of thioether (sulfide) groups is 1. The second-order valence-electron chi connectivity index (χ2n) is 5.86. The monoisotopic (exact) mass is 347 g/mol. The fraction of sp³-hybridized carbons (Fsp3) is 0.600. The lowest BCUT2D eigenvalue weighted by atomic mass is 10.1. The number of rotatable bonds is 5. The van der Waals surface area contributed by atoms with Crippen molar-refractivity contribution in [1.82, 2.24) is 15.2 Å². The van der Waals surface area contributed by atoms with Crippen LogP contribution in [0.25, 0.3) is 0 Å². The number of aromatic nitrogens is 1. The Morgan fingerprint density at radius 1 is 1.52 bits per heavy atom. The number of halogens is 3. The highest BCUT2D eigenvalue weighted by molar-refractivity contribution is 8.00. The van der Waals surface area contributed by atoms with Crippen LogP contribution in [-0.4, -0.2) is 47.0 Å². The number of hydrogen-bond acceptors (Lipinski definition) is 4. The Balaban J connectivity index is 1.94. The second-order valence-corrected chi connectivity index (χ2v) is 6.91. The quantitative estimate of drug-likeness (QED) is 0.831. The highest BCUT2D eigenvalue weighted by Crippen LogP contribution is 2.37. The van der Waals surface area contributed by atoms with Crippen molar-refractivity contribution in [2.75, 3.05) is 19.6 Å². The predicted octanol–water partition coefficient (Wildman–Crippen LogP) is 3.15. The molecule has 0 radical (unpaired) electrons. The highest BCUT2D eigenvalue weighted by atomic mass is 32.2. The van der Waals surface area contributed by atoms with Crippen LogP contribution in [0, 0.1) is 5.92 Å². The third-order valence-corrected chi connectivity index (χ3v) is 4.58. The summed E-state index contributed by atoms with van der Waals surface area (Å²) in [6, 6.07) is 3.29. The number of nitrogens with zero attached hydrogens (tertiary/aromatic N) is 2. The van der Waals surface area contributed by atoms with Gasteiger partial charge in [-0.3, -0.25) is 4.79 Å². The molecule has 0 bridgehead atoms. The zero-order valence-corrected chi connectivity index (χ0v) is 13.9. The lowest BCUT2D eigenvalue weighted by Gasteiger charge is -2.20. The molecule has 128 valence electrons. The van der Waals surface area contributed by atoms with E-state index in [2.05, 4.69) is 29.0 Å². The van der Waals surface area contributed by atoms with Gasteiger partial charge in [0.15, 0.2) is 0 Å². The van der Waals surface area contributed by atoms with E-state index in [4.69, 9.17) is 0 Å². The van der Waals surface area contributed by atoms with Gasteiger partial charge in [-0.25, -0.2) is 4.98 Å². The zero-order chi connectivity index (χ0) is 17.0. The van der Waals surface area contributed by atoms with Gasteiger partial charge in [0.1, 0.15) is 5.03 Å². The van der Waals surface area contributed by atoms with E-state index in [-0.39, 0.29) is 22.4 Å². The van der Waals surface area contributed by atoms with E-state index in [1.165, 1.54) is 18.3 Å². The lowest BCUT2D eigenvalue weighted by molar-refractivity contribution is -0.0329. The molecule has 0 saturated carbocycles. The minimum atomic E-state index is -4.47. The van der Waals surface area contributed by atoms with E-state index < -0.39 is 11.4 Å². The van der Waals surface area contributed by atoms with Crippen molar-refractivity contribution in [3.8, 4) is 0 Å². The first-order chi connectivity index (χ1) is 10.8. The molecule has 0 unspecified atom stereocenters. The summed E-state index contributed by atoms with van der Waals surface area (Å²) >= 11 is -0.362. The Hall–Kier alpha value is -1.28. The van der Waals surface area contributed by atoms with Crippen molar-refractivity contribution < 1.29 is 18.0 Å². The summed E-state index contributed by atoms with van der Waals surface area (Å²) in [5.74, 6) is -0.176. The van der Waals surface area contributed by atoms with E-state index >= 15 is 0 Å². The van der Waals surface area contributed by atoms with Gasteiger partial charge in [-0.2, -0.15) is 13.2 Å². The molecule has 1 saturated heterocycles. The van der Waals surface area contributed by atoms with Crippen LogP contribution in [0.3, 0.4) is 0 Å². The molecule has 1 aliphatic heterocycles. The average Bonchev–Trinajstić information content (AvgIpc) is 2.93. The second kappa shape index (κ2) is 7.53. The Morgan fingerprint density at radius 3 is 2.87 bits per heavy atom. The predicted molar refractivity (Wildman–Crippen MR) is 83.3 cm³/mol. The molecule has 1 amide bonds. The number of carbonyl (C=O) groups excluding carboxylic acids is 1. The fourth-order valence-electron chi connectivity index (χ4n) is 2.59. The smallest absolute Gasteiger partial charge is 0.352 e. The van der Waals surface area contributed by atoms with Crippen molar-refractivity contribution in [3.63, 3.8) is 0 Å². The maximum atomic E-state index is 12.5. The first-order valence-electron chi connectivity index (χ1n) is 7.49. The molecule has 1 fully saturated rings. The molecule has 1 atom stereocenters. The van der Waals surface area contributed by atoms with Gasteiger partial charge in [0.25, 0.3) is 5.91 Å². The summed E-state index contributed by atoms with van der Waals surface area (Å²) in [4.78, 5) is 18.2. The molecule has 1 aromatic rings. The third-order valence-electron chi connectivity index (χ3n) is 3.83. The Bertz CT molecular complexity index is 551. The number of amides is 1. The summed E-state index contributed by atoms with van der Waals surface area (Å²) in [7, 11) is 0. The van der Waals surface area contributed by atoms with Gasteiger partial charge in [-0.05, 0) is 44.9 Å². The van der Waals surface area contributed by atoms with Crippen molar-refractivity contribution in [2.24, 2.45) is 5.92 Å². The Labute approximate surface area is 137 Å². The number of carbonyl (C=O) groups is 1. The summed E-state index contributed by atoms with van der Waals surface area (Å²) < 4.78 is 37.6. The first kappa shape index (κ1) is 18.1. The van der Waals surface area contributed by atoms with Gasteiger partial charge in [-0.1, -0.05) is 0 Å². The van der Waals surface area contributed by atoms with Crippen LogP contribution in [0.5, 0.6) is 0 Å². The molecule has 0 aromatic carbocycles. The summed E-state index contributed by atoms with van der Waals surface area (Å²) in [5, 5.41) is 2.43. The first-order valence-corrected chi connectivity index (χ1v) is 8.31. The highest BCUT2D eigenvalue weighted by Gasteiger charge is 2.32. The van der Waals surface area contributed by atoms with Crippen LogP contribution in [0.15, 0.2) is 23.4 Å². The van der Waals surface area contributed by atoms with Crippen LogP contribution in [0.1, 0.15) is 30.6 Å². The number of alkyl halides is 3. The fourth-order valence-corrected chi connectivity index (χ4v) is 3.19. The van der Waals surface area contributed by atoms with Crippen molar-refractivity contribution in [2.45, 2.75) is 36.8 Å². The SMILES string of the molecule is CC(C)N1CC[C@@H](CNC(=O)c2cccnc2SC(F)(F)F)C1. The lowest BCUT2D eigenvalue weighted by Crippen LogP contribution is -2.33. The maximum absolute atomic E-state index is 12.5. The summed E-state index contributed by atoms with van der Waals surface area (Å²) in [6.45, 7) is 6.59. The molecule has 1 N–H and O–H groups in total. The van der Waals surface area contributed by atoms with E-state index in [1.807, 2.05) is 0 Å². The van der Waals surface area contributed by atoms with Crippen molar-refractivity contribution in [3.05, 3.63) is 23.9 Å². The van der Waals surface area contributed by atoms with Crippen LogP contribution in [0.4, 0.5) is 13.2 Å². The standard InChI is InChI=1S/C15H20F3N3OS/c1-10(2)21-7-5-11(9-21)8-20-13(22)12-4-3-6-19-14(12)23-15(16,17)18/h3-4,6,10-11H,5,7-9H2,1-2H3,(H,20,22)/t11-/m0/s1. The zero-order valence-electron chi connectivity index (χ0n) is 13.1. The molecular weight excluding hydrogens is 327 g/mol. The molecule has 0 aliphatic carbocycles. The molecule has 8 heteroatoms. The molecule has 2 rings (SSSR count). The van der Waals surface area contributed by atoms with Gasteiger partial charge >= 0.3 is 5.51 Å². The van der Waals surface area contributed by atoms with Gasteiger partial charge in [0.05, 0.1) is 5.56 Å². The maximum Gasteiger partial charge on any atom is 0.447 e. The van der Waals surface area contributed by atoms with Gasteiger partial charge in [0, 0.05) is 37.1 Å². The van der Waals surface area contributed by atoms with E-state index in [0.29, 0.717) is 18.5 Å². The largest absolute Gasteiger partial charge is 0.447 e. The average molecular weight is 347 g/mol. The topological polar surface area (TPSA) is 45.2 Å². The summed E-state index contributed by atoms with van der Waals surface area (Å²) in [6.07, 6.45) is 2.23. The van der Waals surface area contributed by atoms with Crippen LogP contribution in [0.2, 0.25) is 0 Å². The molecule has 4 nitrogen and oxygen atoms in total. The number of likely N-dealkylation sites (tertiary alicyclic amines) is 1. The van der Waals surface area contributed by atoms with E-state index in [0.717, 1.165) is 19.5 Å². The molecule has 1 aliphatic rings. The number of pyridine rings is 1. The Kier molecular flexibility index (Phi) is 5.91. The van der Waals surface area contributed by atoms with Crippen LogP contribution >= 0.6 is 11.8 Å². The minimum Gasteiger partial charge on any atom is -0.352 e. The minimum absolute atomic E-state index is 0.0338. The van der Waals surface area contributed by atoms with Gasteiger partial charge < -0.3 is 10.2 Å². The number of hydrogen-bond donors (Lipinski definition) is 1.